The summed E-state index contributed by atoms with van der Waals surface area (Å²) in [6.45, 7) is 1.56. The van der Waals surface area contributed by atoms with Crippen LogP contribution in [0.2, 0.25) is 0 Å². The molecule has 0 unspecified atom stereocenters. The van der Waals surface area contributed by atoms with Gasteiger partial charge in [-0.15, -0.1) is 0 Å². The fourth-order valence-corrected chi connectivity index (χ4v) is 3.64. The summed E-state index contributed by atoms with van der Waals surface area (Å²) in [5.74, 6) is -0.588. The molecule has 8 nitrogen and oxygen atoms in total. The fraction of sp³-hybridized carbons (Fsp3) is 0.286. The third kappa shape index (κ3) is 3.31. The molecule has 0 aliphatic carbocycles. The highest BCUT2D eigenvalue weighted by atomic mass is 16.5. The van der Waals surface area contributed by atoms with Crippen LogP contribution in [0.1, 0.15) is 25.0 Å². The molecule has 4 atom stereocenters. The molecule has 29 heavy (non-hydrogen) atoms. The first-order valence-corrected chi connectivity index (χ1v) is 9.10. The van der Waals surface area contributed by atoms with Crippen LogP contribution in [-0.4, -0.2) is 43.8 Å². The van der Waals surface area contributed by atoms with Gasteiger partial charge in [0.15, 0.2) is 5.43 Å². The number of phenolic OH excluding ortho intramolecular Hbond substituents is 3. The van der Waals surface area contributed by atoms with Gasteiger partial charge in [-0.2, -0.15) is 0 Å². The smallest absolute Gasteiger partial charge is 0.197 e. The Morgan fingerprint density at radius 1 is 1.03 bits per heavy atom. The van der Waals surface area contributed by atoms with E-state index in [-0.39, 0.29) is 40.2 Å². The highest BCUT2D eigenvalue weighted by Gasteiger charge is 2.37. The summed E-state index contributed by atoms with van der Waals surface area (Å²) in [6, 6.07) is 8.44. The van der Waals surface area contributed by atoms with Crippen LogP contribution in [0.15, 0.2) is 45.6 Å². The van der Waals surface area contributed by atoms with Crippen LogP contribution < -0.4 is 5.43 Å². The maximum atomic E-state index is 12.7. The molecule has 1 aromatic heterocycles. The molecule has 1 fully saturated rings. The largest absolute Gasteiger partial charge is 0.508 e. The van der Waals surface area contributed by atoms with Crippen molar-refractivity contribution in [3.63, 3.8) is 0 Å². The fourth-order valence-electron chi connectivity index (χ4n) is 3.64. The first-order chi connectivity index (χ1) is 13.8. The zero-order chi connectivity index (χ0) is 20.9. The van der Waals surface area contributed by atoms with Crippen LogP contribution >= 0.6 is 0 Å². The molecule has 0 radical (unpaired) electrons. The minimum atomic E-state index is -1.11. The van der Waals surface area contributed by atoms with Crippen LogP contribution in [0.25, 0.3) is 22.3 Å². The lowest BCUT2D eigenvalue weighted by Crippen LogP contribution is -2.43. The minimum absolute atomic E-state index is 0.0243. The molecule has 0 bridgehead atoms. The maximum absolute atomic E-state index is 12.7. The van der Waals surface area contributed by atoms with Crippen molar-refractivity contribution >= 4 is 11.0 Å². The number of fused-ring (bicyclic) bond motifs is 1. The summed E-state index contributed by atoms with van der Waals surface area (Å²) in [5.41, 5.74) is -0.0623. The molecular formula is C21H20O8. The summed E-state index contributed by atoms with van der Waals surface area (Å²) in [7, 11) is 0. The van der Waals surface area contributed by atoms with Crippen LogP contribution in [0, 0.1) is 0 Å². The van der Waals surface area contributed by atoms with Gasteiger partial charge >= 0.3 is 0 Å². The van der Waals surface area contributed by atoms with Gasteiger partial charge in [0.2, 0.25) is 0 Å². The van der Waals surface area contributed by atoms with Crippen molar-refractivity contribution in [2.24, 2.45) is 0 Å². The number of ether oxygens (including phenoxy) is 1. The van der Waals surface area contributed by atoms with Gasteiger partial charge in [-0.25, -0.2) is 0 Å². The predicted molar refractivity (Wildman–Crippen MR) is 103 cm³/mol. The van der Waals surface area contributed by atoms with Crippen LogP contribution in [0.5, 0.6) is 17.2 Å². The molecule has 1 saturated heterocycles. The lowest BCUT2D eigenvalue weighted by atomic mass is 9.92. The molecule has 1 aliphatic heterocycles. The quantitative estimate of drug-likeness (QED) is 0.441. The Kier molecular flexibility index (Phi) is 4.70. The number of aliphatic hydroxyl groups excluding tert-OH is 2. The summed E-state index contributed by atoms with van der Waals surface area (Å²) in [5, 5.41) is 50.4. The van der Waals surface area contributed by atoms with E-state index in [0.29, 0.717) is 5.56 Å². The molecule has 4 rings (SSSR count). The minimum Gasteiger partial charge on any atom is -0.508 e. The Morgan fingerprint density at radius 2 is 1.72 bits per heavy atom. The van der Waals surface area contributed by atoms with Gasteiger partial charge in [0.1, 0.15) is 40.1 Å². The van der Waals surface area contributed by atoms with Crippen molar-refractivity contribution < 1.29 is 34.7 Å². The number of hydrogen-bond donors (Lipinski definition) is 5. The van der Waals surface area contributed by atoms with E-state index in [1.165, 1.54) is 24.3 Å². The lowest BCUT2D eigenvalue weighted by molar-refractivity contribution is -0.164. The molecular weight excluding hydrogens is 380 g/mol. The highest BCUT2D eigenvalue weighted by Crippen LogP contribution is 2.44. The SMILES string of the molecule is C[C@H]1O[C@@H](c2c(O)cc3oc(-c4ccc(O)cc4)cc(=O)c3c2O)C[C@H](O)[C@H]1O. The van der Waals surface area contributed by atoms with Crippen molar-refractivity contribution in [3.8, 4) is 28.6 Å². The van der Waals surface area contributed by atoms with Gasteiger partial charge in [-0.1, -0.05) is 0 Å². The molecule has 5 N–H and O–H groups in total. The van der Waals surface area contributed by atoms with Crippen molar-refractivity contribution in [2.75, 3.05) is 0 Å². The first kappa shape index (κ1) is 19.3. The van der Waals surface area contributed by atoms with Gasteiger partial charge in [-0.05, 0) is 31.2 Å². The van der Waals surface area contributed by atoms with Gasteiger partial charge in [0, 0.05) is 24.1 Å². The van der Waals surface area contributed by atoms with Crippen molar-refractivity contribution in [1.82, 2.24) is 0 Å². The third-order valence-corrected chi connectivity index (χ3v) is 5.19. The third-order valence-electron chi connectivity index (χ3n) is 5.19. The second kappa shape index (κ2) is 7.07. The number of aromatic hydroxyl groups is 3. The van der Waals surface area contributed by atoms with Crippen molar-refractivity contribution in [1.29, 1.82) is 0 Å². The number of benzene rings is 2. The maximum Gasteiger partial charge on any atom is 0.197 e. The van der Waals surface area contributed by atoms with E-state index in [4.69, 9.17) is 9.15 Å². The van der Waals surface area contributed by atoms with E-state index in [9.17, 15) is 30.3 Å². The molecule has 0 spiro atoms. The van der Waals surface area contributed by atoms with E-state index in [0.717, 1.165) is 0 Å². The van der Waals surface area contributed by atoms with Crippen molar-refractivity contribution in [2.45, 2.75) is 37.8 Å². The molecule has 8 heteroatoms. The van der Waals surface area contributed by atoms with E-state index < -0.39 is 35.6 Å². The Labute approximate surface area is 164 Å². The molecule has 1 aliphatic rings. The Hall–Kier alpha value is -3.07. The predicted octanol–water partition coefficient (Wildman–Crippen LogP) is 2.15. The standard InChI is InChI=1S/C21H20O8/c1-9-20(26)14(25)8-16(28-9)18-13(24)7-17-19(21(18)27)12(23)6-15(29-17)10-2-4-11(22)5-3-10/h2-7,9,14,16,20,22,24-27H,8H2,1H3/t9-,14+,16-,20+/m1/s1. The van der Waals surface area contributed by atoms with Crippen LogP contribution in [-0.2, 0) is 4.74 Å². The molecule has 0 amide bonds. The van der Waals surface area contributed by atoms with E-state index >= 15 is 0 Å². The average molecular weight is 400 g/mol. The highest BCUT2D eigenvalue weighted by molar-refractivity contribution is 5.88. The van der Waals surface area contributed by atoms with Crippen molar-refractivity contribution in [3.05, 3.63) is 52.2 Å². The first-order valence-electron chi connectivity index (χ1n) is 9.10. The van der Waals surface area contributed by atoms with Gasteiger partial charge in [0.25, 0.3) is 0 Å². The molecule has 2 aromatic carbocycles. The number of aliphatic hydroxyl groups is 2. The Morgan fingerprint density at radius 3 is 2.38 bits per heavy atom. The number of rotatable bonds is 2. The monoisotopic (exact) mass is 400 g/mol. The van der Waals surface area contributed by atoms with Crippen LogP contribution in [0.4, 0.5) is 0 Å². The molecule has 3 aromatic rings. The summed E-state index contributed by atoms with van der Waals surface area (Å²) < 4.78 is 11.3. The normalized spacial score (nSPS) is 24.7. The Balaban J connectivity index is 1.84. The number of hydrogen-bond acceptors (Lipinski definition) is 8. The average Bonchev–Trinajstić information content (AvgIpc) is 2.65. The van der Waals surface area contributed by atoms with E-state index in [1.54, 1.807) is 19.1 Å². The summed E-state index contributed by atoms with van der Waals surface area (Å²) in [6.07, 6.45) is -3.90. The van der Waals surface area contributed by atoms with Gasteiger partial charge in [0.05, 0.1) is 23.9 Å². The topological polar surface area (TPSA) is 141 Å². The zero-order valence-corrected chi connectivity index (χ0v) is 15.4. The number of phenols is 3. The lowest BCUT2D eigenvalue weighted by Gasteiger charge is -2.36. The molecule has 152 valence electrons. The van der Waals surface area contributed by atoms with E-state index in [1.807, 2.05) is 0 Å². The van der Waals surface area contributed by atoms with Crippen LogP contribution in [0.3, 0.4) is 0 Å². The summed E-state index contributed by atoms with van der Waals surface area (Å²) in [4.78, 5) is 12.7. The molecule has 2 heterocycles. The zero-order valence-electron chi connectivity index (χ0n) is 15.4. The Bertz CT molecular complexity index is 1110. The van der Waals surface area contributed by atoms with Gasteiger partial charge < -0.3 is 34.7 Å². The summed E-state index contributed by atoms with van der Waals surface area (Å²) >= 11 is 0. The molecule has 0 saturated carbocycles. The van der Waals surface area contributed by atoms with E-state index in [2.05, 4.69) is 0 Å². The second-order valence-corrected chi connectivity index (χ2v) is 7.18. The second-order valence-electron chi connectivity index (χ2n) is 7.18. The van der Waals surface area contributed by atoms with Gasteiger partial charge in [-0.3, -0.25) is 4.79 Å².